The van der Waals surface area contributed by atoms with Crippen LogP contribution in [-0.4, -0.2) is 16.4 Å². The average molecular weight is 189 g/mol. The first-order chi connectivity index (χ1) is 6.74. The van der Waals surface area contributed by atoms with Gasteiger partial charge in [0, 0.05) is 12.2 Å². The van der Waals surface area contributed by atoms with Crippen LogP contribution in [0.5, 0.6) is 0 Å². The molecule has 0 saturated carbocycles. The first kappa shape index (κ1) is 9.21. The number of hydrogen-bond acceptors (Lipinski definition) is 2. The summed E-state index contributed by atoms with van der Waals surface area (Å²) in [6.45, 7) is 4.96. The van der Waals surface area contributed by atoms with Crippen molar-refractivity contribution in [3.05, 3.63) is 35.4 Å². The Morgan fingerprint density at radius 1 is 1.36 bits per heavy atom. The van der Waals surface area contributed by atoms with E-state index in [1.165, 1.54) is 11.2 Å². The number of imidazole rings is 1. The number of pyridine rings is 1. The number of aryl methyl sites for hydroxylation is 2. The fourth-order valence-electron chi connectivity index (χ4n) is 1.89. The number of nitrogens with one attached hydrogen (secondary N) is 1. The summed E-state index contributed by atoms with van der Waals surface area (Å²) in [5, 5.41) is 3.16. The van der Waals surface area contributed by atoms with Crippen molar-refractivity contribution in [1.82, 2.24) is 14.7 Å². The van der Waals surface area contributed by atoms with E-state index in [-0.39, 0.29) is 0 Å². The molecule has 2 rings (SSSR count). The van der Waals surface area contributed by atoms with Crippen molar-refractivity contribution in [3.8, 4) is 0 Å². The van der Waals surface area contributed by atoms with Gasteiger partial charge in [-0.05, 0) is 33.0 Å². The summed E-state index contributed by atoms with van der Waals surface area (Å²) in [6, 6.07) is 6.31. The molecule has 0 amide bonds. The summed E-state index contributed by atoms with van der Waals surface area (Å²) in [6.07, 6.45) is 0. The molecule has 0 spiro atoms. The number of aromatic nitrogens is 2. The van der Waals surface area contributed by atoms with E-state index in [9.17, 15) is 0 Å². The van der Waals surface area contributed by atoms with Gasteiger partial charge in [-0.25, -0.2) is 4.98 Å². The van der Waals surface area contributed by atoms with Crippen LogP contribution < -0.4 is 5.32 Å². The van der Waals surface area contributed by atoms with E-state index >= 15 is 0 Å². The van der Waals surface area contributed by atoms with Crippen LogP contribution in [0.4, 0.5) is 0 Å². The zero-order chi connectivity index (χ0) is 10.1. The van der Waals surface area contributed by atoms with Gasteiger partial charge in [-0.2, -0.15) is 0 Å². The third-order valence-electron chi connectivity index (χ3n) is 2.45. The number of nitrogens with zero attached hydrogens (tertiary/aromatic N) is 2. The van der Waals surface area contributed by atoms with Crippen molar-refractivity contribution >= 4 is 5.52 Å². The fraction of sp³-hybridized carbons (Fsp3) is 0.364. The Labute approximate surface area is 83.8 Å². The van der Waals surface area contributed by atoms with E-state index in [1.807, 2.05) is 20.9 Å². The quantitative estimate of drug-likeness (QED) is 0.778. The van der Waals surface area contributed by atoms with Gasteiger partial charge in [0.2, 0.25) is 0 Å². The summed E-state index contributed by atoms with van der Waals surface area (Å²) in [4.78, 5) is 4.47. The number of hydrogen-bond donors (Lipinski definition) is 1. The fourth-order valence-corrected chi connectivity index (χ4v) is 1.89. The topological polar surface area (TPSA) is 29.3 Å². The van der Waals surface area contributed by atoms with Crippen molar-refractivity contribution in [1.29, 1.82) is 0 Å². The summed E-state index contributed by atoms with van der Waals surface area (Å²) in [7, 11) is 1.96. The van der Waals surface area contributed by atoms with E-state index in [1.54, 1.807) is 0 Å². The Kier molecular flexibility index (Phi) is 2.25. The second-order valence-corrected chi connectivity index (χ2v) is 3.51. The van der Waals surface area contributed by atoms with Gasteiger partial charge in [-0.1, -0.05) is 6.07 Å². The van der Waals surface area contributed by atoms with E-state index in [0.29, 0.717) is 0 Å². The molecule has 2 aromatic rings. The maximum absolute atomic E-state index is 4.47. The van der Waals surface area contributed by atoms with Crippen LogP contribution >= 0.6 is 0 Å². The molecular formula is C11H15N3. The minimum absolute atomic E-state index is 0.869. The Hall–Kier alpha value is -1.35. The molecule has 0 atom stereocenters. The molecule has 0 unspecified atom stereocenters. The standard InChI is InChI=1S/C11H15N3/c1-8-11-6-4-5-10(7-12-3)14(11)9(2)13-8/h4-6,12H,7H2,1-3H3. The van der Waals surface area contributed by atoms with Crippen LogP contribution in [0.1, 0.15) is 17.2 Å². The summed E-state index contributed by atoms with van der Waals surface area (Å²) in [5.74, 6) is 1.06. The molecule has 0 saturated heterocycles. The molecule has 0 fully saturated rings. The monoisotopic (exact) mass is 189 g/mol. The molecule has 0 aliphatic rings. The highest BCUT2D eigenvalue weighted by Gasteiger charge is 2.06. The van der Waals surface area contributed by atoms with Gasteiger partial charge in [0.1, 0.15) is 5.82 Å². The highest BCUT2D eigenvalue weighted by atomic mass is 15.0. The predicted octanol–water partition coefficient (Wildman–Crippen LogP) is 1.67. The normalized spacial score (nSPS) is 11.1. The Balaban J connectivity index is 2.72. The lowest BCUT2D eigenvalue weighted by Crippen LogP contribution is -2.09. The molecule has 1 N–H and O–H groups in total. The summed E-state index contributed by atoms with van der Waals surface area (Å²) in [5.41, 5.74) is 3.55. The van der Waals surface area contributed by atoms with E-state index in [0.717, 1.165) is 18.1 Å². The average Bonchev–Trinajstić information content (AvgIpc) is 2.44. The molecular weight excluding hydrogens is 174 g/mol. The maximum atomic E-state index is 4.47. The van der Waals surface area contributed by atoms with Gasteiger partial charge in [-0.3, -0.25) is 4.40 Å². The molecule has 0 aromatic carbocycles. The Bertz CT molecular complexity index is 457. The predicted molar refractivity (Wildman–Crippen MR) is 57.4 cm³/mol. The number of rotatable bonds is 2. The molecule has 0 bridgehead atoms. The van der Waals surface area contributed by atoms with Gasteiger partial charge in [0.15, 0.2) is 0 Å². The zero-order valence-electron chi connectivity index (χ0n) is 8.83. The van der Waals surface area contributed by atoms with Gasteiger partial charge in [0.25, 0.3) is 0 Å². The highest BCUT2D eigenvalue weighted by Crippen LogP contribution is 2.14. The Morgan fingerprint density at radius 3 is 2.86 bits per heavy atom. The molecule has 0 radical (unpaired) electrons. The molecule has 3 nitrogen and oxygen atoms in total. The largest absolute Gasteiger partial charge is 0.314 e. The van der Waals surface area contributed by atoms with Crippen LogP contribution in [0.3, 0.4) is 0 Å². The van der Waals surface area contributed by atoms with Crippen molar-refractivity contribution in [3.63, 3.8) is 0 Å². The maximum Gasteiger partial charge on any atom is 0.110 e. The van der Waals surface area contributed by atoms with Crippen LogP contribution in [-0.2, 0) is 6.54 Å². The summed E-state index contributed by atoms with van der Waals surface area (Å²) >= 11 is 0. The zero-order valence-corrected chi connectivity index (χ0v) is 8.83. The van der Waals surface area contributed by atoms with Crippen LogP contribution in [0.15, 0.2) is 18.2 Å². The van der Waals surface area contributed by atoms with Crippen molar-refractivity contribution in [2.75, 3.05) is 7.05 Å². The van der Waals surface area contributed by atoms with Gasteiger partial charge in [-0.15, -0.1) is 0 Å². The molecule has 0 aliphatic heterocycles. The van der Waals surface area contributed by atoms with Gasteiger partial charge >= 0.3 is 0 Å². The molecule has 3 heteroatoms. The summed E-state index contributed by atoms with van der Waals surface area (Å²) < 4.78 is 2.20. The van der Waals surface area contributed by atoms with Crippen LogP contribution in [0, 0.1) is 13.8 Å². The van der Waals surface area contributed by atoms with E-state index in [4.69, 9.17) is 0 Å². The lowest BCUT2D eigenvalue weighted by Gasteiger charge is -2.05. The molecule has 2 aromatic heterocycles. The SMILES string of the molecule is CNCc1cccc2c(C)nc(C)n12. The van der Waals surface area contributed by atoms with Gasteiger partial charge in [0.05, 0.1) is 11.2 Å². The first-order valence-corrected chi connectivity index (χ1v) is 4.82. The van der Waals surface area contributed by atoms with Crippen molar-refractivity contribution < 1.29 is 0 Å². The highest BCUT2D eigenvalue weighted by molar-refractivity contribution is 5.53. The third-order valence-corrected chi connectivity index (χ3v) is 2.45. The van der Waals surface area contributed by atoms with Crippen molar-refractivity contribution in [2.45, 2.75) is 20.4 Å². The minimum atomic E-state index is 0.869. The van der Waals surface area contributed by atoms with Crippen LogP contribution in [0.2, 0.25) is 0 Å². The molecule has 0 aliphatic carbocycles. The van der Waals surface area contributed by atoms with E-state index < -0.39 is 0 Å². The second kappa shape index (κ2) is 3.42. The third kappa shape index (κ3) is 1.30. The minimum Gasteiger partial charge on any atom is -0.314 e. The lowest BCUT2D eigenvalue weighted by molar-refractivity contribution is 0.769. The first-order valence-electron chi connectivity index (χ1n) is 4.82. The van der Waals surface area contributed by atoms with Gasteiger partial charge < -0.3 is 5.32 Å². The number of fused-ring (bicyclic) bond motifs is 1. The molecule has 2 heterocycles. The van der Waals surface area contributed by atoms with Crippen LogP contribution in [0.25, 0.3) is 5.52 Å². The molecule has 14 heavy (non-hydrogen) atoms. The smallest absolute Gasteiger partial charge is 0.110 e. The van der Waals surface area contributed by atoms with Crippen molar-refractivity contribution in [2.24, 2.45) is 0 Å². The molecule has 74 valence electrons. The van der Waals surface area contributed by atoms with E-state index in [2.05, 4.69) is 32.9 Å². The second-order valence-electron chi connectivity index (χ2n) is 3.51. The Morgan fingerprint density at radius 2 is 2.14 bits per heavy atom. The lowest BCUT2D eigenvalue weighted by atomic mass is 10.3.